The molecular formula is C10H17NO3S. The van der Waals surface area contributed by atoms with Crippen LogP contribution in [0.2, 0.25) is 0 Å². The number of hydrogen-bond donors (Lipinski definition) is 2. The maximum atomic E-state index is 10.8. The molecule has 0 spiro atoms. The fraction of sp³-hybridized carbons (Fsp3) is 0.800. The molecule has 0 bridgehead atoms. The monoisotopic (exact) mass is 231 g/mol. The molecule has 1 rings (SSSR count). The summed E-state index contributed by atoms with van der Waals surface area (Å²) in [5.41, 5.74) is 0.793. The Morgan fingerprint density at radius 3 is 2.80 bits per heavy atom. The Balaban J connectivity index is 2.87. The van der Waals surface area contributed by atoms with Gasteiger partial charge in [0.1, 0.15) is 0 Å². The molecule has 0 fully saturated rings. The third kappa shape index (κ3) is 3.21. The molecule has 2 N–H and O–H groups in total. The fourth-order valence-corrected chi connectivity index (χ4v) is 2.55. The van der Waals surface area contributed by atoms with Gasteiger partial charge in [0, 0.05) is 22.6 Å². The molecule has 5 heteroatoms. The van der Waals surface area contributed by atoms with Crippen molar-refractivity contribution >= 4 is 23.4 Å². The Bertz CT molecular complexity index is 286. The Morgan fingerprint density at radius 2 is 2.33 bits per heavy atom. The summed E-state index contributed by atoms with van der Waals surface area (Å²) in [6.45, 7) is 5.71. The number of aliphatic hydroxyl groups excluding tert-OH is 1. The molecule has 15 heavy (non-hydrogen) atoms. The Kier molecular flexibility index (Phi) is 3.78. The van der Waals surface area contributed by atoms with Crippen molar-refractivity contribution in [3.05, 3.63) is 0 Å². The predicted molar refractivity (Wildman–Crippen MR) is 61.7 cm³/mol. The van der Waals surface area contributed by atoms with Crippen molar-refractivity contribution in [2.75, 3.05) is 5.75 Å². The summed E-state index contributed by atoms with van der Waals surface area (Å²) >= 11 is 1.58. The van der Waals surface area contributed by atoms with E-state index in [4.69, 9.17) is 5.11 Å². The van der Waals surface area contributed by atoms with Crippen LogP contribution >= 0.6 is 11.8 Å². The van der Waals surface area contributed by atoms with Gasteiger partial charge in [0.05, 0.1) is 6.10 Å². The molecule has 1 heterocycles. The number of aliphatic imine (C=N–C) groups is 1. The molecule has 0 radical (unpaired) electrons. The van der Waals surface area contributed by atoms with Gasteiger partial charge in [-0.25, -0.2) is 4.79 Å². The van der Waals surface area contributed by atoms with Crippen molar-refractivity contribution in [2.45, 2.75) is 44.1 Å². The third-order valence-corrected chi connectivity index (χ3v) is 3.82. The minimum absolute atomic E-state index is 0.164. The third-order valence-electron chi connectivity index (χ3n) is 2.38. The summed E-state index contributed by atoms with van der Waals surface area (Å²) in [6.07, 6.45) is -0.0276. The number of carboxylic acids is 1. The summed E-state index contributed by atoms with van der Waals surface area (Å²) in [5, 5.41) is 18.2. The number of thioether (sulfide) groups is 1. The number of nitrogens with zero attached hydrogens (tertiary/aromatic N) is 1. The molecule has 0 unspecified atom stereocenters. The predicted octanol–water partition coefficient (Wildman–Crippen LogP) is 1.18. The zero-order chi connectivity index (χ0) is 11.6. The Labute approximate surface area is 93.8 Å². The van der Waals surface area contributed by atoms with Gasteiger partial charge in [-0.1, -0.05) is 0 Å². The van der Waals surface area contributed by atoms with Gasteiger partial charge in [-0.3, -0.25) is 4.99 Å². The lowest BCUT2D eigenvalue weighted by molar-refractivity contribution is -0.137. The molecule has 4 nitrogen and oxygen atoms in total. The van der Waals surface area contributed by atoms with Crippen LogP contribution in [0, 0.1) is 0 Å². The van der Waals surface area contributed by atoms with Crippen LogP contribution in [0.4, 0.5) is 0 Å². The van der Waals surface area contributed by atoms with Crippen LogP contribution in [0.1, 0.15) is 27.2 Å². The highest BCUT2D eigenvalue weighted by Crippen LogP contribution is 2.33. The highest BCUT2D eigenvalue weighted by molar-refractivity contribution is 8.01. The van der Waals surface area contributed by atoms with E-state index in [2.05, 4.69) is 4.99 Å². The number of aliphatic hydroxyl groups is 1. The first kappa shape index (κ1) is 12.5. The van der Waals surface area contributed by atoms with Gasteiger partial charge >= 0.3 is 5.97 Å². The van der Waals surface area contributed by atoms with E-state index < -0.39 is 18.1 Å². The molecule has 0 aromatic rings. The fourth-order valence-electron chi connectivity index (χ4n) is 1.46. The average molecular weight is 231 g/mol. The van der Waals surface area contributed by atoms with Crippen molar-refractivity contribution in [3.63, 3.8) is 0 Å². The van der Waals surface area contributed by atoms with Crippen LogP contribution in [0.5, 0.6) is 0 Å². The van der Waals surface area contributed by atoms with Crippen molar-refractivity contribution in [1.82, 2.24) is 0 Å². The lowest BCUT2D eigenvalue weighted by Crippen LogP contribution is -2.39. The second kappa shape index (κ2) is 4.53. The first-order valence-corrected chi connectivity index (χ1v) is 5.93. The SMILES string of the molecule is C[C@H](O)CC1=N[C@H](C(=O)O)CSC1(C)C. The number of carboxylic acid groups (broad SMARTS) is 1. The van der Waals surface area contributed by atoms with Gasteiger partial charge in [0.2, 0.25) is 0 Å². The van der Waals surface area contributed by atoms with Gasteiger partial charge in [0.25, 0.3) is 0 Å². The van der Waals surface area contributed by atoms with Crippen LogP contribution in [-0.2, 0) is 4.79 Å². The van der Waals surface area contributed by atoms with Crippen LogP contribution in [0.15, 0.2) is 4.99 Å². The van der Waals surface area contributed by atoms with Crippen LogP contribution < -0.4 is 0 Å². The van der Waals surface area contributed by atoms with Gasteiger partial charge < -0.3 is 10.2 Å². The van der Waals surface area contributed by atoms with E-state index in [0.717, 1.165) is 5.71 Å². The first-order valence-electron chi connectivity index (χ1n) is 4.95. The molecule has 1 aliphatic heterocycles. The van der Waals surface area contributed by atoms with Crippen molar-refractivity contribution in [2.24, 2.45) is 4.99 Å². The normalized spacial score (nSPS) is 26.9. The van der Waals surface area contributed by atoms with Gasteiger partial charge in [-0.05, 0) is 20.8 Å². The molecule has 0 saturated carbocycles. The largest absolute Gasteiger partial charge is 0.480 e. The van der Waals surface area contributed by atoms with E-state index >= 15 is 0 Å². The first-order chi connectivity index (χ1) is 6.83. The zero-order valence-electron chi connectivity index (χ0n) is 9.23. The number of rotatable bonds is 3. The summed E-state index contributed by atoms with van der Waals surface area (Å²) in [6, 6.07) is -0.656. The van der Waals surface area contributed by atoms with E-state index in [1.807, 2.05) is 13.8 Å². The summed E-state index contributed by atoms with van der Waals surface area (Å²) in [7, 11) is 0. The Morgan fingerprint density at radius 1 is 1.73 bits per heavy atom. The smallest absolute Gasteiger partial charge is 0.329 e. The molecule has 2 atom stereocenters. The molecule has 0 saturated heterocycles. The van der Waals surface area contributed by atoms with E-state index in [9.17, 15) is 9.90 Å². The summed E-state index contributed by atoms with van der Waals surface area (Å²) in [5.74, 6) is -0.382. The number of carbonyl (C=O) groups is 1. The zero-order valence-corrected chi connectivity index (χ0v) is 10.0. The van der Waals surface area contributed by atoms with Crippen LogP contribution in [0.3, 0.4) is 0 Å². The summed E-state index contributed by atoms with van der Waals surface area (Å²) < 4.78 is -0.164. The standard InChI is InChI=1S/C10H17NO3S/c1-6(12)4-8-10(2,3)15-5-7(11-8)9(13)14/h6-7,12H,4-5H2,1-3H3,(H,13,14)/t6-,7-/m0/s1. The molecule has 0 aromatic carbocycles. The van der Waals surface area contributed by atoms with Crippen molar-refractivity contribution in [3.8, 4) is 0 Å². The molecule has 0 aromatic heterocycles. The summed E-state index contributed by atoms with van der Waals surface area (Å²) in [4.78, 5) is 15.0. The van der Waals surface area contributed by atoms with E-state index in [-0.39, 0.29) is 4.75 Å². The minimum atomic E-state index is -0.888. The van der Waals surface area contributed by atoms with Gasteiger partial charge in [-0.15, -0.1) is 11.8 Å². The second-order valence-corrected chi connectivity index (χ2v) is 5.95. The van der Waals surface area contributed by atoms with Gasteiger partial charge in [-0.2, -0.15) is 0 Å². The molecule has 1 aliphatic rings. The van der Waals surface area contributed by atoms with Crippen molar-refractivity contribution < 1.29 is 15.0 Å². The second-order valence-electron chi connectivity index (χ2n) is 4.30. The highest BCUT2D eigenvalue weighted by Gasteiger charge is 2.34. The number of aliphatic carboxylic acids is 1. The lowest BCUT2D eigenvalue weighted by Gasteiger charge is -2.32. The average Bonchev–Trinajstić information content (AvgIpc) is 2.07. The quantitative estimate of drug-likeness (QED) is 0.765. The highest BCUT2D eigenvalue weighted by atomic mass is 32.2. The lowest BCUT2D eigenvalue weighted by atomic mass is 10.0. The molecule has 0 amide bonds. The maximum Gasteiger partial charge on any atom is 0.329 e. The van der Waals surface area contributed by atoms with Crippen LogP contribution in [0.25, 0.3) is 0 Å². The molecular weight excluding hydrogens is 214 g/mol. The minimum Gasteiger partial charge on any atom is -0.480 e. The van der Waals surface area contributed by atoms with E-state index in [1.54, 1.807) is 18.7 Å². The van der Waals surface area contributed by atoms with Gasteiger partial charge in [0.15, 0.2) is 6.04 Å². The molecule has 0 aliphatic carbocycles. The molecule has 86 valence electrons. The van der Waals surface area contributed by atoms with E-state index in [0.29, 0.717) is 12.2 Å². The Hall–Kier alpha value is -0.550. The maximum absolute atomic E-state index is 10.8. The van der Waals surface area contributed by atoms with Crippen LogP contribution in [-0.4, -0.2) is 44.5 Å². The van der Waals surface area contributed by atoms with E-state index in [1.165, 1.54) is 0 Å². The van der Waals surface area contributed by atoms with Crippen molar-refractivity contribution in [1.29, 1.82) is 0 Å². The topological polar surface area (TPSA) is 69.9 Å². The number of hydrogen-bond acceptors (Lipinski definition) is 4.